The van der Waals surface area contributed by atoms with Gasteiger partial charge >= 0.3 is 0 Å². The molecule has 164 valence electrons. The minimum Gasteiger partial charge on any atom is -0.338 e. The first-order valence-corrected chi connectivity index (χ1v) is 11.9. The Hall–Kier alpha value is -2.20. The smallest absolute Gasteiger partial charge is 0.265 e. The lowest BCUT2D eigenvalue weighted by Crippen LogP contribution is -2.44. The second kappa shape index (κ2) is 9.12. The highest BCUT2D eigenvalue weighted by molar-refractivity contribution is 7.92. The fourth-order valence-electron chi connectivity index (χ4n) is 3.43. The highest BCUT2D eigenvalue weighted by Crippen LogP contribution is 2.32. The number of anilines is 2. The van der Waals surface area contributed by atoms with Gasteiger partial charge in [0.15, 0.2) is 5.82 Å². The molecule has 1 aromatic heterocycles. The molecule has 0 atom stereocenters. The van der Waals surface area contributed by atoms with Crippen molar-refractivity contribution in [1.29, 1.82) is 0 Å². The summed E-state index contributed by atoms with van der Waals surface area (Å²) in [5.41, 5.74) is 0.578. The fourth-order valence-corrected chi connectivity index (χ4v) is 5.23. The van der Waals surface area contributed by atoms with Crippen LogP contribution in [-0.2, 0) is 10.0 Å². The average molecular weight is 484 g/mol. The largest absolute Gasteiger partial charge is 0.338 e. The summed E-state index contributed by atoms with van der Waals surface area (Å²) >= 11 is 12.0. The molecule has 4 rings (SSSR count). The van der Waals surface area contributed by atoms with Gasteiger partial charge in [-0.15, -0.1) is 0 Å². The predicted octanol–water partition coefficient (Wildman–Crippen LogP) is 3.51. The van der Waals surface area contributed by atoms with Gasteiger partial charge in [0.25, 0.3) is 10.0 Å². The molecule has 1 saturated heterocycles. The van der Waals surface area contributed by atoms with Crippen molar-refractivity contribution >= 4 is 55.9 Å². The molecule has 2 aromatic carbocycles. The van der Waals surface area contributed by atoms with Crippen LogP contribution in [-0.4, -0.2) is 57.8 Å². The van der Waals surface area contributed by atoms with Crippen LogP contribution in [0.4, 0.5) is 16.2 Å². The Labute approximate surface area is 189 Å². The summed E-state index contributed by atoms with van der Waals surface area (Å²) in [7, 11) is -4.17. The SMILES string of the molecule is O=S(=O)(c1ccc(Cl)c(Cl)c1)N(CCF)c1nc(N2CCNCC2)nc2ccccc12. The Morgan fingerprint density at radius 1 is 1.06 bits per heavy atom. The van der Waals surface area contributed by atoms with Gasteiger partial charge in [-0.05, 0) is 30.3 Å². The highest BCUT2D eigenvalue weighted by atomic mass is 35.5. The van der Waals surface area contributed by atoms with Gasteiger partial charge in [-0.25, -0.2) is 22.1 Å². The molecule has 0 aliphatic carbocycles. The van der Waals surface area contributed by atoms with Gasteiger partial charge < -0.3 is 10.2 Å². The van der Waals surface area contributed by atoms with Crippen LogP contribution in [0.5, 0.6) is 0 Å². The van der Waals surface area contributed by atoms with E-state index in [4.69, 9.17) is 23.2 Å². The Morgan fingerprint density at radius 3 is 2.52 bits per heavy atom. The van der Waals surface area contributed by atoms with E-state index in [1.165, 1.54) is 18.2 Å². The Morgan fingerprint density at radius 2 is 1.81 bits per heavy atom. The maximum atomic E-state index is 13.6. The molecule has 0 radical (unpaired) electrons. The molecule has 3 aromatic rings. The van der Waals surface area contributed by atoms with Crippen molar-refractivity contribution in [3.63, 3.8) is 0 Å². The summed E-state index contributed by atoms with van der Waals surface area (Å²) in [5.74, 6) is 0.534. The van der Waals surface area contributed by atoms with Crippen LogP contribution in [0.1, 0.15) is 0 Å². The standard InChI is InChI=1S/C20H20Cl2FN5O2S/c21-16-6-5-14(13-17(16)22)31(29,30)28(10-7-23)19-15-3-1-2-4-18(15)25-20(26-19)27-11-8-24-9-12-27/h1-6,13,24H,7-12H2. The third-order valence-corrected chi connectivity index (χ3v) is 7.50. The van der Waals surface area contributed by atoms with Crippen molar-refractivity contribution < 1.29 is 12.8 Å². The topological polar surface area (TPSA) is 78.4 Å². The van der Waals surface area contributed by atoms with E-state index in [1.807, 2.05) is 11.0 Å². The number of halogens is 3. The summed E-state index contributed by atoms with van der Waals surface area (Å²) in [4.78, 5) is 11.1. The first kappa shape index (κ1) is 22.0. The normalized spacial score (nSPS) is 14.7. The molecule has 0 bridgehead atoms. The number of piperazine rings is 1. The molecule has 0 amide bonds. The molecule has 1 fully saturated rings. The van der Waals surface area contributed by atoms with E-state index >= 15 is 0 Å². The maximum Gasteiger partial charge on any atom is 0.265 e. The number of aromatic nitrogens is 2. The van der Waals surface area contributed by atoms with Gasteiger partial charge in [0, 0.05) is 31.6 Å². The second-order valence-electron chi connectivity index (χ2n) is 6.94. The number of benzene rings is 2. The average Bonchev–Trinajstić information content (AvgIpc) is 2.79. The van der Waals surface area contributed by atoms with Crippen LogP contribution < -0.4 is 14.5 Å². The number of hydrogen-bond acceptors (Lipinski definition) is 6. The lowest BCUT2D eigenvalue weighted by atomic mass is 10.2. The van der Waals surface area contributed by atoms with Crippen LogP contribution in [0.15, 0.2) is 47.4 Å². The molecule has 7 nitrogen and oxygen atoms in total. The number of sulfonamides is 1. The first-order valence-electron chi connectivity index (χ1n) is 9.68. The lowest BCUT2D eigenvalue weighted by Gasteiger charge is -2.29. The molecule has 11 heteroatoms. The molecule has 1 N–H and O–H groups in total. The first-order chi connectivity index (χ1) is 14.9. The summed E-state index contributed by atoms with van der Waals surface area (Å²) < 4.78 is 41.5. The highest BCUT2D eigenvalue weighted by Gasteiger charge is 2.29. The van der Waals surface area contributed by atoms with Gasteiger partial charge in [0.2, 0.25) is 5.95 Å². The number of rotatable bonds is 6. The summed E-state index contributed by atoms with van der Waals surface area (Å²) in [5, 5.41) is 4.09. The Kier molecular flexibility index (Phi) is 6.47. The molecule has 0 spiro atoms. The Balaban J connectivity index is 1.89. The molecule has 0 unspecified atom stereocenters. The molecular weight excluding hydrogens is 464 g/mol. The van der Waals surface area contributed by atoms with Crippen LogP contribution in [0.2, 0.25) is 10.0 Å². The number of alkyl halides is 1. The molecule has 0 saturated carbocycles. The van der Waals surface area contributed by atoms with E-state index < -0.39 is 23.2 Å². The number of nitrogens with one attached hydrogen (secondary N) is 1. The second-order valence-corrected chi connectivity index (χ2v) is 9.62. The van der Waals surface area contributed by atoms with Crippen molar-refractivity contribution in [3.8, 4) is 0 Å². The van der Waals surface area contributed by atoms with Crippen LogP contribution >= 0.6 is 23.2 Å². The summed E-state index contributed by atoms with van der Waals surface area (Å²) in [6, 6.07) is 11.1. The van der Waals surface area contributed by atoms with Crippen LogP contribution in [0, 0.1) is 0 Å². The molecule has 1 aliphatic heterocycles. The maximum absolute atomic E-state index is 13.6. The van der Waals surface area contributed by atoms with Crippen LogP contribution in [0.3, 0.4) is 0 Å². The third-order valence-electron chi connectivity index (χ3n) is 4.97. The quantitative estimate of drug-likeness (QED) is 0.577. The van der Waals surface area contributed by atoms with Crippen molar-refractivity contribution in [2.45, 2.75) is 4.90 Å². The zero-order valence-corrected chi connectivity index (χ0v) is 18.8. The van der Waals surface area contributed by atoms with Gasteiger partial charge in [0.1, 0.15) is 6.67 Å². The van der Waals surface area contributed by atoms with E-state index in [1.54, 1.807) is 18.2 Å². The number of hydrogen-bond donors (Lipinski definition) is 1. The van der Waals surface area contributed by atoms with E-state index in [2.05, 4.69) is 15.3 Å². The van der Waals surface area contributed by atoms with Crippen molar-refractivity contribution in [3.05, 3.63) is 52.5 Å². The summed E-state index contributed by atoms with van der Waals surface area (Å²) in [6.07, 6.45) is 0. The van der Waals surface area contributed by atoms with E-state index in [9.17, 15) is 12.8 Å². The molecule has 1 aliphatic rings. The number of fused-ring (bicyclic) bond motifs is 1. The molecule has 2 heterocycles. The minimum atomic E-state index is -4.17. The monoisotopic (exact) mass is 483 g/mol. The van der Waals surface area contributed by atoms with E-state index in [0.29, 0.717) is 29.9 Å². The van der Waals surface area contributed by atoms with Crippen molar-refractivity contribution in [2.75, 3.05) is 48.6 Å². The van der Waals surface area contributed by atoms with E-state index in [-0.39, 0.29) is 20.8 Å². The number of nitrogens with zero attached hydrogens (tertiary/aromatic N) is 4. The third kappa shape index (κ3) is 4.41. The summed E-state index contributed by atoms with van der Waals surface area (Å²) in [6.45, 7) is 1.61. The van der Waals surface area contributed by atoms with Crippen LogP contribution in [0.25, 0.3) is 10.9 Å². The fraction of sp³-hybridized carbons (Fsp3) is 0.300. The van der Waals surface area contributed by atoms with Gasteiger partial charge in [-0.1, -0.05) is 35.3 Å². The zero-order chi connectivity index (χ0) is 22.0. The van der Waals surface area contributed by atoms with Gasteiger partial charge in [0.05, 0.1) is 27.0 Å². The van der Waals surface area contributed by atoms with E-state index in [0.717, 1.165) is 17.4 Å². The molecule has 31 heavy (non-hydrogen) atoms. The number of para-hydroxylation sites is 1. The molecular formula is C20H20Cl2FN5O2S. The van der Waals surface area contributed by atoms with Crippen molar-refractivity contribution in [1.82, 2.24) is 15.3 Å². The van der Waals surface area contributed by atoms with Crippen molar-refractivity contribution in [2.24, 2.45) is 0 Å². The zero-order valence-electron chi connectivity index (χ0n) is 16.4. The van der Waals surface area contributed by atoms with Gasteiger partial charge in [-0.3, -0.25) is 0 Å². The van der Waals surface area contributed by atoms with Gasteiger partial charge in [-0.2, -0.15) is 4.98 Å². The minimum absolute atomic E-state index is 0.0944. The predicted molar refractivity (Wildman–Crippen MR) is 122 cm³/mol. The Bertz CT molecular complexity index is 1210. The lowest BCUT2D eigenvalue weighted by molar-refractivity contribution is 0.499.